The number of anilines is 1. The average Bonchev–Trinajstić information content (AvgIpc) is 3.27. The lowest BCUT2D eigenvalue weighted by molar-refractivity contribution is 0.275. The van der Waals surface area contributed by atoms with E-state index in [4.69, 9.17) is 4.74 Å². The highest BCUT2D eigenvalue weighted by Crippen LogP contribution is 2.35. The van der Waals surface area contributed by atoms with Crippen LogP contribution in [0.4, 0.5) is 10.1 Å². The van der Waals surface area contributed by atoms with Gasteiger partial charge in [0.1, 0.15) is 6.10 Å². The van der Waals surface area contributed by atoms with Crippen LogP contribution in [0.15, 0.2) is 41.0 Å². The monoisotopic (exact) mass is 350 g/mol. The molecule has 3 rings (SSSR count). The molecule has 110 valence electrons. The van der Waals surface area contributed by atoms with E-state index in [9.17, 15) is 4.39 Å². The van der Waals surface area contributed by atoms with Crippen LogP contribution in [0, 0.1) is 5.82 Å². The Labute approximate surface area is 131 Å². The molecule has 1 aromatic heterocycles. The molecule has 5 heteroatoms. The Balaban J connectivity index is 1.85. The fraction of sp³-hybridized carbons (Fsp3) is 0.312. The number of pyridine rings is 1. The summed E-state index contributed by atoms with van der Waals surface area (Å²) < 4.78 is 20.8. The van der Waals surface area contributed by atoms with Crippen molar-refractivity contribution >= 4 is 21.6 Å². The summed E-state index contributed by atoms with van der Waals surface area (Å²) >= 11 is 3.38. The van der Waals surface area contributed by atoms with E-state index in [-0.39, 0.29) is 12.0 Å². The molecule has 0 spiro atoms. The van der Waals surface area contributed by atoms with Crippen molar-refractivity contribution in [2.75, 3.05) is 11.9 Å². The van der Waals surface area contributed by atoms with Crippen LogP contribution in [-0.4, -0.2) is 18.1 Å². The van der Waals surface area contributed by atoms with Crippen LogP contribution in [0.1, 0.15) is 18.4 Å². The molecule has 0 N–H and O–H groups in total. The summed E-state index contributed by atoms with van der Waals surface area (Å²) in [5.74, 6) is -0.315. The van der Waals surface area contributed by atoms with Crippen LogP contribution < -0.4 is 9.64 Å². The quantitative estimate of drug-likeness (QED) is 0.809. The van der Waals surface area contributed by atoms with Gasteiger partial charge < -0.3 is 9.64 Å². The molecule has 1 fully saturated rings. The van der Waals surface area contributed by atoms with Gasteiger partial charge in [-0.25, -0.2) is 4.98 Å². The first-order valence-electron chi connectivity index (χ1n) is 6.91. The molecular formula is C16H16BrFN2O. The van der Waals surface area contributed by atoms with E-state index < -0.39 is 5.82 Å². The van der Waals surface area contributed by atoms with E-state index in [1.807, 2.05) is 42.3 Å². The second-order valence-electron chi connectivity index (χ2n) is 5.23. The molecule has 1 aromatic carbocycles. The van der Waals surface area contributed by atoms with E-state index >= 15 is 0 Å². The van der Waals surface area contributed by atoms with Crippen molar-refractivity contribution < 1.29 is 9.13 Å². The Morgan fingerprint density at radius 2 is 2.05 bits per heavy atom. The summed E-state index contributed by atoms with van der Waals surface area (Å²) in [5.41, 5.74) is 1.59. The lowest BCUT2D eigenvalue weighted by atomic mass is 10.2. The number of rotatable bonds is 5. The summed E-state index contributed by atoms with van der Waals surface area (Å²) in [6.45, 7) is 0.614. The van der Waals surface area contributed by atoms with Gasteiger partial charge >= 0.3 is 0 Å². The lowest BCUT2D eigenvalue weighted by Crippen LogP contribution is -2.19. The van der Waals surface area contributed by atoms with Gasteiger partial charge in [-0.3, -0.25) is 0 Å². The van der Waals surface area contributed by atoms with Gasteiger partial charge in [0.05, 0.1) is 10.2 Å². The highest BCUT2D eigenvalue weighted by atomic mass is 79.9. The van der Waals surface area contributed by atoms with Crippen LogP contribution in [0.5, 0.6) is 5.88 Å². The maximum atomic E-state index is 14.6. The molecule has 1 heterocycles. The fourth-order valence-electron chi connectivity index (χ4n) is 2.15. The molecule has 1 aliphatic carbocycles. The number of benzene rings is 1. The zero-order valence-electron chi connectivity index (χ0n) is 11.7. The minimum atomic E-state index is -0.408. The maximum Gasteiger partial charge on any atom is 0.252 e. The summed E-state index contributed by atoms with van der Waals surface area (Å²) in [7, 11) is 1.86. The van der Waals surface area contributed by atoms with Gasteiger partial charge in [0.25, 0.3) is 5.88 Å². The van der Waals surface area contributed by atoms with Gasteiger partial charge in [0, 0.05) is 19.8 Å². The topological polar surface area (TPSA) is 25.4 Å². The van der Waals surface area contributed by atoms with Gasteiger partial charge in [0.2, 0.25) is 5.82 Å². The molecular weight excluding hydrogens is 335 g/mol. The Hall–Kier alpha value is -1.62. The summed E-state index contributed by atoms with van der Waals surface area (Å²) in [5, 5.41) is 0. The molecule has 0 unspecified atom stereocenters. The Morgan fingerprint density at radius 3 is 2.71 bits per heavy atom. The molecule has 0 bridgehead atoms. The minimum absolute atomic E-state index is 0.0932. The van der Waals surface area contributed by atoms with Crippen molar-refractivity contribution in [1.82, 2.24) is 4.98 Å². The van der Waals surface area contributed by atoms with Crippen molar-refractivity contribution in [3.63, 3.8) is 0 Å². The third-order valence-electron chi connectivity index (χ3n) is 3.36. The van der Waals surface area contributed by atoms with Crippen LogP contribution in [-0.2, 0) is 6.54 Å². The largest absolute Gasteiger partial charge is 0.472 e. The van der Waals surface area contributed by atoms with Crippen LogP contribution >= 0.6 is 15.9 Å². The Morgan fingerprint density at radius 1 is 1.33 bits per heavy atom. The molecule has 1 aliphatic rings. The van der Waals surface area contributed by atoms with Gasteiger partial charge in [-0.1, -0.05) is 30.3 Å². The van der Waals surface area contributed by atoms with Gasteiger partial charge in [0.15, 0.2) is 0 Å². The van der Waals surface area contributed by atoms with Crippen molar-refractivity contribution in [3.8, 4) is 5.88 Å². The minimum Gasteiger partial charge on any atom is -0.472 e. The van der Waals surface area contributed by atoms with E-state index in [1.165, 1.54) is 0 Å². The lowest BCUT2D eigenvalue weighted by Gasteiger charge is -2.22. The highest BCUT2D eigenvalue weighted by Gasteiger charge is 2.27. The third kappa shape index (κ3) is 3.35. The van der Waals surface area contributed by atoms with Crippen LogP contribution in [0.3, 0.4) is 0 Å². The molecule has 3 nitrogen and oxygen atoms in total. The first kappa shape index (κ1) is 14.3. The number of hydrogen-bond donors (Lipinski definition) is 0. The zero-order chi connectivity index (χ0) is 14.8. The Kier molecular flexibility index (Phi) is 4.10. The Bertz CT molecular complexity index is 632. The molecule has 0 radical (unpaired) electrons. The molecule has 0 atom stereocenters. The highest BCUT2D eigenvalue weighted by molar-refractivity contribution is 9.10. The summed E-state index contributed by atoms with van der Waals surface area (Å²) in [6.07, 6.45) is 3.68. The molecule has 2 aromatic rings. The standard InChI is InChI=1S/C16H16BrFN2O/c1-20(10-11-5-3-2-4-6-11)15-13(17)9-19-16(14(15)18)21-12-7-8-12/h2-6,9,12H,7-8,10H2,1H3. The smallest absolute Gasteiger partial charge is 0.252 e. The maximum absolute atomic E-state index is 14.6. The molecule has 1 saturated carbocycles. The van der Waals surface area contributed by atoms with Gasteiger partial charge in [-0.15, -0.1) is 0 Å². The summed E-state index contributed by atoms with van der Waals surface area (Å²) in [4.78, 5) is 5.89. The average molecular weight is 351 g/mol. The van der Waals surface area contributed by atoms with E-state index in [0.717, 1.165) is 18.4 Å². The van der Waals surface area contributed by atoms with Crippen LogP contribution in [0.25, 0.3) is 0 Å². The summed E-state index contributed by atoms with van der Waals surface area (Å²) in [6, 6.07) is 9.95. The number of aromatic nitrogens is 1. The predicted octanol–water partition coefficient (Wildman–Crippen LogP) is 4.16. The molecule has 21 heavy (non-hydrogen) atoms. The number of ether oxygens (including phenoxy) is 1. The number of nitrogens with zero attached hydrogens (tertiary/aromatic N) is 2. The molecule has 0 amide bonds. The van der Waals surface area contributed by atoms with Crippen molar-refractivity contribution in [2.45, 2.75) is 25.5 Å². The first-order chi connectivity index (χ1) is 10.1. The zero-order valence-corrected chi connectivity index (χ0v) is 13.3. The van der Waals surface area contributed by atoms with Crippen molar-refractivity contribution in [2.24, 2.45) is 0 Å². The molecule has 0 saturated heterocycles. The fourth-order valence-corrected chi connectivity index (χ4v) is 2.73. The molecule has 0 aliphatic heterocycles. The second kappa shape index (κ2) is 6.02. The van der Waals surface area contributed by atoms with Gasteiger partial charge in [-0.05, 0) is 34.3 Å². The van der Waals surface area contributed by atoms with Gasteiger partial charge in [-0.2, -0.15) is 4.39 Å². The predicted molar refractivity (Wildman–Crippen MR) is 84.1 cm³/mol. The van der Waals surface area contributed by atoms with Crippen molar-refractivity contribution in [3.05, 3.63) is 52.4 Å². The number of halogens is 2. The van der Waals surface area contributed by atoms with E-state index in [0.29, 0.717) is 16.7 Å². The van der Waals surface area contributed by atoms with E-state index in [2.05, 4.69) is 20.9 Å². The normalized spacial score (nSPS) is 14.0. The first-order valence-corrected chi connectivity index (χ1v) is 7.70. The van der Waals surface area contributed by atoms with E-state index in [1.54, 1.807) is 6.20 Å². The van der Waals surface area contributed by atoms with Crippen molar-refractivity contribution in [1.29, 1.82) is 0 Å². The third-order valence-corrected chi connectivity index (χ3v) is 3.94. The SMILES string of the molecule is CN(Cc1ccccc1)c1c(Br)cnc(OC2CC2)c1F. The second-order valence-corrected chi connectivity index (χ2v) is 6.09. The van der Waals surface area contributed by atoms with Crippen LogP contribution in [0.2, 0.25) is 0 Å². The number of hydrogen-bond acceptors (Lipinski definition) is 3.